The van der Waals surface area contributed by atoms with Gasteiger partial charge >= 0.3 is 6.09 Å². The van der Waals surface area contributed by atoms with E-state index in [1.165, 1.54) is 0 Å². The van der Waals surface area contributed by atoms with E-state index in [9.17, 15) is 9.59 Å². The van der Waals surface area contributed by atoms with Gasteiger partial charge in [-0.1, -0.05) is 54.4 Å². The predicted octanol–water partition coefficient (Wildman–Crippen LogP) is 6.63. The van der Waals surface area contributed by atoms with Crippen molar-refractivity contribution in [3.63, 3.8) is 0 Å². The maximum absolute atomic E-state index is 13.8. The molecule has 1 aromatic heterocycles. The van der Waals surface area contributed by atoms with Crippen molar-refractivity contribution in [1.29, 1.82) is 0 Å². The van der Waals surface area contributed by atoms with E-state index in [-0.39, 0.29) is 35.5 Å². The van der Waals surface area contributed by atoms with Crippen LogP contribution in [0.4, 0.5) is 4.79 Å². The normalized spacial score (nSPS) is 20.4. The van der Waals surface area contributed by atoms with Crippen LogP contribution in [0.1, 0.15) is 77.0 Å². The number of nitrogens with zero attached hydrogens (tertiary/aromatic N) is 1. The number of alkyl carbamates (subject to hydrolysis) is 1. The lowest BCUT2D eigenvalue weighted by molar-refractivity contribution is -0.122. The Kier molecular flexibility index (Phi) is 8.33. The maximum atomic E-state index is 13.8. The number of Topliss-reactive ketones (excluding diaryl/α,β-unsaturated/α-hetero) is 1. The summed E-state index contributed by atoms with van der Waals surface area (Å²) >= 11 is 3.49. The van der Waals surface area contributed by atoms with Crippen molar-refractivity contribution in [3.05, 3.63) is 64.4 Å². The number of amides is 1. The number of nitrogens with one attached hydrogen (secondary N) is 1. The monoisotopic (exact) mass is 514 g/mol. The molecule has 0 spiro atoms. The Hall–Kier alpha value is -2.21. The minimum Gasteiger partial charge on any atom is -0.444 e. The first kappa shape index (κ1) is 25.4. The smallest absolute Gasteiger partial charge is 0.407 e. The van der Waals surface area contributed by atoms with Crippen LogP contribution in [-0.4, -0.2) is 28.5 Å². The van der Waals surface area contributed by atoms with Gasteiger partial charge in [0.25, 0.3) is 0 Å². The summed E-state index contributed by atoms with van der Waals surface area (Å²) < 4.78 is 6.48. The molecule has 33 heavy (non-hydrogen) atoms. The molecule has 1 unspecified atom stereocenters. The number of hydrogen-bond donors (Lipinski definition) is 1. The number of halogens is 1. The molecule has 1 amide bonds. The van der Waals surface area contributed by atoms with Gasteiger partial charge in [-0.2, -0.15) is 0 Å². The average molecular weight is 515 g/mol. The Balaban J connectivity index is 1.82. The zero-order chi connectivity index (χ0) is 24.2. The van der Waals surface area contributed by atoms with Crippen molar-refractivity contribution in [2.45, 2.75) is 77.4 Å². The molecule has 1 aliphatic rings. The first-order valence-corrected chi connectivity index (χ1v) is 12.6. The van der Waals surface area contributed by atoms with Gasteiger partial charge in [0.15, 0.2) is 0 Å². The molecule has 0 aliphatic heterocycles. The number of carbonyl (C=O) groups is 2. The molecule has 0 radical (unpaired) electrons. The lowest BCUT2D eigenvalue weighted by Gasteiger charge is -2.30. The van der Waals surface area contributed by atoms with E-state index in [1.807, 2.05) is 63.2 Å². The quantitative estimate of drug-likeness (QED) is 0.407. The van der Waals surface area contributed by atoms with Crippen LogP contribution in [0, 0.1) is 11.8 Å². The maximum Gasteiger partial charge on any atom is 0.407 e. The molecule has 1 saturated carbocycles. The zero-order valence-electron chi connectivity index (χ0n) is 20.2. The minimum absolute atomic E-state index is 0.0346. The molecular formula is C27H35BrN2O3. The highest BCUT2D eigenvalue weighted by molar-refractivity contribution is 9.10. The number of ketones is 1. The van der Waals surface area contributed by atoms with Crippen LogP contribution in [0.15, 0.2) is 53.1 Å². The SMILES string of the molecule is CC[C@H](C)[C@@H](CC(C(=O)[C@@H]1C[C@H]1c1ccccn1)c1ccc(Br)cc1)NC(=O)OC(C)(C)C. The largest absolute Gasteiger partial charge is 0.444 e. The Morgan fingerprint density at radius 3 is 2.45 bits per heavy atom. The minimum atomic E-state index is -0.574. The number of carbonyl (C=O) groups excluding carboxylic acids is 2. The summed E-state index contributed by atoms with van der Waals surface area (Å²) in [6.07, 6.45) is 3.61. The zero-order valence-corrected chi connectivity index (χ0v) is 21.8. The second-order valence-electron chi connectivity index (χ2n) is 10.1. The molecule has 0 saturated heterocycles. The highest BCUT2D eigenvalue weighted by Gasteiger charge is 2.47. The molecule has 1 aliphatic carbocycles. The van der Waals surface area contributed by atoms with Crippen LogP contribution in [-0.2, 0) is 9.53 Å². The molecule has 1 aromatic carbocycles. The third-order valence-corrected chi connectivity index (χ3v) is 6.89. The number of rotatable bonds is 9. The van der Waals surface area contributed by atoms with Crippen LogP contribution in [0.25, 0.3) is 0 Å². The molecule has 3 rings (SSSR count). The van der Waals surface area contributed by atoms with Crippen molar-refractivity contribution >= 4 is 27.8 Å². The summed E-state index contributed by atoms with van der Waals surface area (Å²) in [6, 6.07) is 13.6. The summed E-state index contributed by atoms with van der Waals surface area (Å²) in [6.45, 7) is 9.76. The Morgan fingerprint density at radius 2 is 1.88 bits per heavy atom. The number of benzene rings is 1. The second kappa shape index (κ2) is 10.8. The van der Waals surface area contributed by atoms with Gasteiger partial charge in [0.05, 0.1) is 0 Å². The molecule has 1 N–H and O–H groups in total. The van der Waals surface area contributed by atoms with Gasteiger partial charge in [-0.15, -0.1) is 0 Å². The fourth-order valence-electron chi connectivity index (χ4n) is 4.23. The van der Waals surface area contributed by atoms with E-state index in [1.54, 1.807) is 6.20 Å². The molecule has 1 heterocycles. The van der Waals surface area contributed by atoms with Crippen LogP contribution in [0.5, 0.6) is 0 Å². The Bertz CT molecular complexity index is 940. The van der Waals surface area contributed by atoms with Gasteiger partial charge in [0.1, 0.15) is 11.4 Å². The average Bonchev–Trinajstić information content (AvgIpc) is 3.57. The van der Waals surface area contributed by atoms with Crippen LogP contribution < -0.4 is 5.32 Å². The van der Waals surface area contributed by atoms with Crippen molar-refractivity contribution < 1.29 is 14.3 Å². The van der Waals surface area contributed by atoms with Gasteiger partial charge in [-0.25, -0.2) is 4.79 Å². The van der Waals surface area contributed by atoms with Crippen molar-refractivity contribution in [1.82, 2.24) is 10.3 Å². The van der Waals surface area contributed by atoms with Crippen molar-refractivity contribution in [2.24, 2.45) is 11.8 Å². The van der Waals surface area contributed by atoms with Crippen LogP contribution >= 0.6 is 15.9 Å². The topological polar surface area (TPSA) is 68.3 Å². The lowest BCUT2D eigenvalue weighted by atomic mass is 9.82. The third kappa shape index (κ3) is 7.13. The fraction of sp³-hybridized carbons (Fsp3) is 0.519. The summed E-state index contributed by atoms with van der Waals surface area (Å²) in [5.41, 5.74) is 1.39. The number of hydrogen-bond acceptors (Lipinski definition) is 4. The molecule has 5 atom stereocenters. The number of ether oxygens (including phenoxy) is 1. The first-order valence-electron chi connectivity index (χ1n) is 11.8. The standard InChI is InChI=1S/C27H35BrN2O3/c1-6-17(2)24(30-26(32)33-27(3,4)5)16-20(18-10-12-19(28)13-11-18)25(31)22-15-21(22)23-9-7-8-14-29-23/h7-14,17,20-22,24H,6,15-16H2,1-5H3,(H,30,32)/t17-,20?,21+,22+,24+/m0/s1. The van der Waals surface area contributed by atoms with E-state index in [4.69, 9.17) is 4.74 Å². The fourth-order valence-corrected chi connectivity index (χ4v) is 4.50. The molecule has 5 nitrogen and oxygen atoms in total. The van der Waals surface area contributed by atoms with Crippen molar-refractivity contribution in [3.8, 4) is 0 Å². The number of pyridine rings is 1. The molecular weight excluding hydrogens is 480 g/mol. The summed E-state index contributed by atoms with van der Waals surface area (Å²) in [7, 11) is 0. The van der Waals surface area contributed by atoms with Gasteiger partial charge < -0.3 is 10.1 Å². The molecule has 6 heteroatoms. The van der Waals surface area contributed by atoms with Gasteiger partial charge in [-0.3, -0.25) is 9.78 Å². The van der Waals surface area contributed by atoms with E-state index in [0.29, 0.717) is 6.42 Å². The predicted molar refractivity (Wildman–Crippen MR) is 134 cm³/mol. The third-order valence-electron chi connectivity index (χ3n) is 6.36. The Labute approximate surface area is 205 Å². The van der Waals surface area contributed by atoms with E-state index < -0.39 is 11.7 Å². The summed E-state index contributed by atoms with van der Waals surface area (Å²) in [5, 5.41) is 3.06. The molecule has 2 aromatic rings. The van der Waals surface area contributed by atoms with E-state index >= 15 is 0 Å². The molecule has 1 fully saturated rings. The van der Waals surface area contributed by atoms with Crippen molar-refractivity contribution in [2.75, 3.05) is 0 Å². The highest BCUT2D eigenvalue weighted by Crippen LogP contribution is 2.50. The van der Waals surface area contributed by atoms with Gasteiger partial charge in [-0.05, 0) is 69.4 Å². The van der Waals surface area contributed by atoms with Gasteiger partial charge in [0, 0.05) is 40.2 Å². The van der Waals surface area contributed by atoms with Gasteiger partial charge in [0.2, 0.25) is 0 Å². The number of aromatic nitrogens is 1. The lowest BCUT2D eigenvalue weighted by Crippen LogP contribution is -2.43. The summed E-state index contributed by atoms with van der Waals surface area (Å²) in [4.78, 5) is 30.8. The molecule has 178 valence electrons. The van der Waals surface area contributed by atoms with Crippen LogP contribution in [0.3, 0.4) is 0 Å². The van der Waals surface area contributed by atoms with Crippen LogP contribution in [0.2, 0.25) is 0 Å². The first-order chi connectivity index (χ1) is 15.6. The van der Waals surface area contributed by atoms with E-state index in [0.717, 1.165) is 28.6 Å². The second-order valence-corrected chi connectivity index (χ2v) is 11.0. The Morgan fingerprint density at radius 1 is 1.18 bits per heavy atom. The molecule has 0 bridgehead atoms. The van der Waals surface area contributed by atoms with E-state index in [2.05, 4.69) is 40.1 Å². The highest BCUT2D eigenvalue weighted by atomic mass is 79.9. The summed E-state index contributed by atoms with van der Waals surface area (Å²) in [5.74, 6) is 0.275.